The summed E-state index contributed by atoms with van der Waals surface area (Å²) in [5.74, 6) is -1.03. The van der Waals surface area contributed by atoms with Crippen LogP contribution in [-0.2, 0) is 9.59 Å². The third-order valence-electron chi connectivity index (χ3n) is 3.00. The minimum atomic E-state index is -0.812. The molecule has 7 heteroatoms. The second kappa shape index (κ2) is 6.13. The molecular formula is C14H15ClN2O4. The Balaban J connectivity index is 1.94. The van der Waals surface area contributed by atoms with Crippen LogP contribution in [0.3, 0.4) is 0 Å². The van der Waals surface area contributed by atoms with Crippen molar-refractivity contribution < 1.29 is 19.1 Å². The van der Waals surface area contributed by atoms with Crippen LogP contribution in [0.1, 0.15) is 13.8 Å². The Morgan fingerprint density at radius 2 is 1.71 bits per heavy atom. The van der Waals surface area contributed by atoms with E-state index in [1.807, 2.05) is 0 Å². The highest BCUT2D eigenvalue weighted by molar-refractivity contribution is 6.44. The van der Waals surface area contributed by atoms with E-state index in [-0.39, 0.29) is 19.2 Å². The molecule has 1 heterocycles. The van der Waals surface area contributed by atoms with Gasteiger partial charge in [-0.05, 0) is 38.1 Å². The van der Waals surface area contributed by atoms with Crippen LogP contribution < -0.4 is 4.74 Å². The van der Waals surface area contributed by atoms with Crippen LogP contribution in [0.15, 0.2) is 24.3 Å². The van der Waals surface area contributed by atoms with Gasteiger partial charge in [-0.25, -0.2) is 4.79 Å². The lowest BCUT2D eigenvalue weighted by Crippen LogP contribution is -2.39. The van der Waals surface area contributed by atoms with Crippen molar-refractivity contribution in [2.24, 2.45) is 0 Å². The molecule has 1 saturated heterocycles. The summed E-state index contributed by atoms with van der Waals surface area (Å²) in [5.41, 5.74) is 0. The van der Waals surface area contributed by atoms with E-state index >= 15 is 0 Å². The maximum Gasteiger partial charge on any atom is 0.334 e. The number of nitrogens with zero attached hydrogens (tertiary/aromatic N) is 2. The Hall–Kier alpha value is -2.08. The van der Waals surface area contributed by atoms with E-state index in [1.165, 1.54) is 0 Å². The van der Waals surface area contributed by atoms with Crippen LogP contribution >= 0.6 is 11.6 Å². The molecule has 2 rings (SSSR count). The minimum Gasteiger partial charge on any atom is -0.492 e. The van der Waals surface area contributed by atoms with Gasteiger partial charge in [0.15, 0.2) is 0 Å². The van der Waals surface area contributed by atoms with Crippen LogP contribution in [-0.4, -0.2) is 46.8 Å². The zero-order valence-corrected chi connectivity index (χ0v) is 12.5. The number of benzene rings is 1. The molecule has 0 aliphatic carbocycles. The zero-order chi connectivity index (χ0) is 15.6. The van der Waals surface area contributed by atoms with Crippen molar-refractivity contribution in [3.8, 4) is 5.75 Å². The number of carbonyl (C=O) groups excluding carboxylic acids is 3. The summed E-state index contributed by atoms with van der Waals surface area (Å²) in [6.45, 7) is 3.49. The van der Waals surface area contributed by atoms with Crippen molar-refractivity contribution in [1.29, 1.82) is 0 Å². The van der Waals surface area contributed by atoms with Crippen LogP contribution in [0.2, 0.25) is 5.02 Å². The summed E-state index contributed by atoms with van der Waals surface area (Å²) < 4.78 is 5.42. The summed E-state index contributed by atoms with van der Waals surface area (Å²) in [4.78, 5) is 37.3. The predicted molar refractivity (Wildman–Crippen MR) is 76.0 cm³/mol. The fourth-order valence-electron chi connectivity index (χ4n) is 1.96. The number of rotatable bonds is 5. The number of amides is 4. The van der Waals surface area contributed by atoms with Gasteiger partial charge in [0.1, 0.15) is 12.4 Å². The first-order valence-corrected chi connectivity index (χ1v) is 6.87. The maximum absolute atomic E-state index is 12.0. The summed E-state index contributed by atoms with van der Waals surface area (Å²) in [6.07, 6.45) is 0. The molecule has 0 N–H and O–H groups in total. The van der Waals surface area contributed by atoms with Crippen molar-refractivity contribution in [3.05, 3.63) is 29.3 Å². The van der Waals surface area contributed by atoms with Gasteiger partial charge in [-0.2, -0.15) is 0 Å². The highest BCUT2D eigenvalue weighted by Crippen LogP contribution is 2.17. The molecule has 1 aliphatic rings. The van der Waals surface area contributed by atoms with Gasteiger partial charge in [0.25, 0.3) is 0 Å². The molecule has 0 bridgehead atoms. The Labute approximate surface area is 127 Å². The molecule has 0 radical (unpaired) electrons. The fraction of sp³-hybridized carbons (Fsp3) is 0.357. The van der Waals surface area contributed by atoms with Gasteiger partial charge >= 0.3 is 17.8 Å². The van der Waals surface area contributed by atoms with Crippen LogP contribution in [0, 0.1) is 0 Å². The fourth-order valence-corrected chi connectivity index (χ4v) is 2.09. The van der Waals surface area contributed by atoms with Gasteiger partial charge in [0, 0.05) is 11.1 Å². The number of urea groups is 1. The molecule has 4 amide bonds. The molecule has 0 aromatic heterocycles. The van der Waals surface area contributed by atoms with E-state index in [0.717, 1.165) is 9.80 Å². The van der Waals surface area contributed by atoms with Crippen LogP contribution in [0.4, 0.5) is 4.79 Å². The van der Waals surface area contributed by atoms with Crippen molar-refractivity contribution >= 4 is 29.4 Å². The van der Waals surface area contributed by atoms with Gasteiger partial charge in [0.2, 0.25) is 0 Å². The number of ether oxygens (including phenoxy) is 1. The zero-order valence-electron chi connectivity index (χ0n) is 11.7. The van der Waals surface area contributed by atoms with Gasteiger partial charge in [-0.15, -0.1) is 0 Å². The average Bonchev–Trinajstić information content (AvgIpc) is 2.64. The average molecular weight is 311 g/mol. The lowest BCUT2D eigenvalue weighted by atomic mass is 10.3. The number of imide groups is 2. The quantitative estimate of drug-likeness (QED) is 0.615. The Morgan fingerprint density at radius 3 is 2.24 bits per heavy atom. The molecule has 0 unspecified atom stereocenters. The highest BCUT2D eigenvalue weighted by Gasteiger charge is 2.45. The van der Waals surface area contributed by atoms with E-state index in [0.29, 0.717) is 10.8 Å². The molecule has 0 spiro atoms. The summed E-state index contributed by atoms with van der Waals surface area (Å²) in [6, 6.07) is 5.76. The normalized spacial score (nSPS) is 15.3. The summed E-state index contributed by atoms with van der Waals surface area (Å²) >= 11 is 5.75. The molecule has 6 nitrogen and oxygen atoms in total. The number of halogens is 1. The van der Waals surface area contributed by atoms with Crippen molar-refractivity contribution in [2.45, 2.75) is 19.9 Å². The molecule has 1 aromatic carbocycles. The first kappa shape index (κ1) is 15.3. The smallest absolute Gasteiger partial charge is 0.334 e. The molecule has 1 aliphatic heterocycles. The molecule has 21 heavy (non-hydrogen) atoms. The minimum absolute atomic E-state index is 0.0231. The molecule has 1 aromatic rings. The van der Waals surface area contributed by atoms with E-state index in [9.17, 15) is 14.4 Å². The number of carbonyl (C=O) groups is 3. The lowest BCUT2D eigenvalue weighted by Gasteiger charge is -2.18. The van der Waals surface area contributed by atoms with Gasteiger partial charge < -0.3 is 4.74 Å². The molecule has 1 fully saturated rings. The van der Waals surface area contributed by atoms with Crippen molar-refractivity contribution in [2.75, 3.05) is 13.2 Å². The predicted octanol–water partition coefficient (Wildman–Crippen LogP) is 1.92. The van der Waals surface area contributed by atoms with E-state index in [2.05, 4.69) is 0 Å². The van der Waals surface area contributed by atoms with E-state index < -0.39 is 17.8 Å². The molecule has 112 valence electrons. The van der Waals surface area contributed by atoms with Gasteiger partial charge in [-0.1, -0.05) is 11.6 Å². The standard InChI is InChI=1S/C14H15ClN2O4/c1-9(2)17-13(19)12(18)16(14(17)20)7-8-21-11-5-3-10(15)4-6-11/h3-6,9H,7-8H2,1-2H3. The maximum atomic E-state index is 12.0. The number of hydrogen-bond acceptors (Lipinski definition) is 4. The van der Waals surface area contributed by atoms with Gasteiger partial charge in [-0.3, -0.25) is 19.4 Å². The SMILES string of the molecule is CC(C)N1C(=O)C(=O)N(CCOc2ccc(Cl)cc2)C1=O. The third kappa shape index (κ3) is 3.16. The van der Waals surface area contributed by atoms with Crippen molar-refractivity contribution in [3.63, 3.8) is 0 Å². The molecule has 0 saturated carbocycles. The van der Waals surface area contributed by atoms with E-state index in [1.54, 1.807) is 38.1 Å². The largest absolute Gasteiger partial charge is 0.492 e. The summed E-state index contributed by atoms with van der Waals surface area (Å²) in [7, 11) is 0. The Morgan fingerprint density at radius 1 is 1.10 bits per heavy atom. The Bertz CT molecular complexity index is 571. The van der Waals surface area contributed by atoms with Crippen molar-refractivity contribution in [1.82, 2.24) is 9.80 Å². The molecular weight excluding hydrogens is 296 g/mol. The van der Waals surface area contributed by atoms with Crippen LogP contribution in [0.25, 0.3) is 0 Å². The Kier molecular flexibility index (Phi) is 4.47. The molecule has 0 atom stereocenters. The second-order valence-electron chi connectivity index (χ2n) is 4.81. The first-order chi connectivity index (χ1) is 9.91. The monoisotopic (exact) mass is 310 g/mol. The summed E-state index contributed by atoms with van der Waals surface area (Å²) in [5, 5.41) is 0.588. The topological polar surface area (TPSA) is 66.9 Å². The highest BCUT2D eigenvalue weighted by atomic mass is 35.5. The van der Waals surface area contributed by atoms with Crippen LogP contribution in [0.5, 0.6) is 5.75 Å². The third-order valence-corrected chi connectivity index (χ3v) is 3.25. The second-order valence-corrected chi connectivity index (χ2v) is 5.25. The van der Waals surface area contributed by atoms with Gasteiger partial charge in [0.05, 0.1) is 6.54 Å². The first-order valence-electron chi connectivity index (χ1n) is 6.49. The van der Waals surface area contributed by atoms with E-state index in [4.69, 9.17) is 16.3 Å². The number of hydrogen-bond donors (Lipinski definition) is 0. The lowest BCUT2D eigenvalue weighted by molar-refractivity contribution is -0.143.